The van der Waals surface area contributed by atoms with Crippen molar-refractivity contribution < 1.29 is 23.5 Å². The molecule has 128 valence electrons. The molecule has 1 amide bonds. The minimum absolute atomic E-state index is 0.0813. The van der Waals surface area contributed by atoms with Gasteiger partial charge in [-0.2, -0.15) is 0 Å². The maximum Gasteiger partial charge on any atom is 0.407 e. The van der Waals surface area contributed by atoms with Crippen molar-refractivity contribution in [3.8, 4) is 0 Å². The van der Waals surface area contributed by atoms with E-state index in [0.717, 1.165) is 17.7 Å². The van der Waals surface area contributed by atoms with Crippen LogP contribution in [0.3, 0.4) is 0 Å². The summed E-state index contributed by atoms with van der Waals surface area (Å²) >= 11 is 0. The molecule has 0 spiro atoms. The van der Waals surface area contributed by atoms with Crippen LogP contribution in [0.5, 0.6) is 0 Å². The van der Waals surface area contributed by atoms with Crippen molar-refractivity contribution in [3.05, 3.63) is 65.3 Å². The smallest absolute Gasteiger partial charge is 0.407 e. The van der Waals surface area contributed by atoms with E-state index in [2.05, 4.69) is 9.97 Å². The summed E-state index contributed by atoms with van der Waals surface area (Å²) in [6.07, 6.45) is 3.74. The highest BCUT2D eigenvalue weighted by Gasteiger charge is 2.19. The van der Waals surface area contributed by atoms with E-state index < -0.39 is 23.5 Å². The predicted octanol–water partition coefficient (Wildman–Crippen LogP) is 2.75. The van der Waals surface area contributed by atoms with Crippen LogP contribution >= 0.6 is 0 Å². The molecule has 0 radical (unpaired) electrons. The second kappa shape index (κ2) is 6.76. The van der Waals surface area contributed by atoms with E-state index in [9.17, 15) is 18.4 Å². The van der Waals surface area contributed by atoms with Crippen molar-refractivity contribution in [2.75, 3.05) is 13.1 Å². The fraction of sp³-hybridized carbons (Fsp3) is 0.176. The van der Waals surface area contributed by atoms with E-state index in [-0.39, 0.29) is 17.7 Å². The molecule has 3 rings (SSSR count). The SMILES string of the molecule is O=C(c1cnc(C2=CCN(C(=O)O)CC2)nc1)c1ccc(F)cc1F. The number of nitrogens with zero attached hydrogens (tertiary/aromatic N) is 3. The van der Waals surface area contributed by atoms with E-state index in [0.29, 0.717) is 24.9 Å². The Hall–Kier alpha value is -3.16. The lowest BCUT2D eigenvalue weighted by atomic mass is 10.0. The van der Waals surface area contributed by atoms with Gasteiger partial charge in [0.1, 0.15) is 11.6 Å². The topological polar surface area (TPSA) is 83.4 Å². The van der Waals surface area contributed by atoms with Crippen LogP contribution in [0.15, 0.2) is 36.7 Å². The molecule has 1 aliphatic rings. The summed E-state index contributed by atoms with van der Waals surface area (Å²) in [6.45, 7) is 0.585. The maximum absolute atomic E-state index is 13.7. The Labute approximate surface area is 141 Å². The van der Waals surface area contributed by atoms with Crippen LogP contribution in [0, 0.1) is 11.6 Å². The van der Waals surface area contributed by atoms with Crippen LogP contribution < -0.4 is 0 Å². The van der Waals surface area contributed by atoms with Crippen LogP contribution in [0.25, 0.3) is 5.57 Å². The first-order chi connectivity index (χ1) is 12.0. The number of carbonyl (C=O) groups excluding carboxylic acids is 1. The third kappa shape index (κ3) is 3.52. The van der Waals surface area contributed by atoms with Gasteiger partial charge in [-0.1, -0.05) is 6.08 Å². The normalized spacial score (nSPS) is 14.2. The summed E-state index contributed by atoms with van der Waals surface area (Å²) in [6, 6.07) is 2.72. The Balaban J connectivity index is 1.78. The third-order valence-corrected chi connectivity index (χ3v) is 3.86. The second-order valence-electron chi connectivity index (χ2n) is 5.46. The molecule has 2 heterocycles. The van der Waals surface area contributed by atoms with Crippen molar-refractivity contribution in [1.29, 1.82) is 0 Å². The number of carbonyl (C=O) groups is 2. The van der Waals surface area contributed by atoms with E-state index in [1.165, 1.54) is 17.3 Å². The predicted molar refractivity (Wildman–Crippen MR) is 84.0 cm³/mol. The van der Waals surface area contributed by atoms with Gasteiger partial charge >= 0.3 is 6.09 Å². The van der Waals surface area contributed by atoms with Gasteiger partial charge in [-0.15, -0.1) is 0 Å². The van der Waals surface area contributed by atoms with Crippen LogP contribution in [0.4, 0.5) is 13.6 Å². The molecule has 0 fully saturated rings. The zero-order chi connectivity index (χ0) is 18.0. The first kappa shape index (κ1) is 16.7. The van der Waals surface area contributed by atoms with Gasteiger partial charge in [0.05, 0.1) is 11.1 Å². The zero-order valence-corrected chi connectivity index (χ0v) is 12.9. The summed E-state index contributed by atoms with van der Waals surface area (Å²) in [5.41, 5.74) is 0.606. The third-order valence-electron chi connectivity index (χ3n) is 3.86. The molecular formula is C17H13F2N3O3. The Morgan fingerprint density at radius 1 is 1.16 bits per heavy atom. The van der Waals surface area contributed by atoms with Gasteiger partial charge in [0, 0.05) is 31.5 Å². The number of hydrogen-bond donors (Lipinski definition) is 1. The first-order valence-corrected chi connectivity index (χ1v) is 7.45. The van der Waals surface area contributed by atoms with Gasteiger partial charge in [0.15, 0.2) is 11.6 Å². The molecule has 1 aromatic carbocycles. The van der Waals surface area contributed by atoms with Crippen molar-refractivity contribution >= 4 is 17.4 Å². The fourth-order valence-electron chi connectivity index (χ4n) is 2.49. The van der Waals surface area contributed by atoms with Crippen molar-refractivity contribution in [1.82, 2.24) is 14.9 Å². The lowest BCUT2D eigenvalue weighted by Crippen LogP contribution is -2.33. The lowest BCUT2D eigenvalue weighted by molar-refractivity contribution is 0.103. The van der Waals surface area contributed by atoms with Crippen LogP contribution in [0.1, 0.15) is 28.2 Å². The highest BCUT2D eigenvalue weighted by atomic mass is 19.1. The Bertz CT molecular complexity index is 866. The molecule has 1 aromatic heterocycles. The molecule has 0 aliphatic carbocycles. The molecule has 1 aliphatic heterocycles. The van der Waals surface area contributed by atoms with E-state index in [4.69, 9.17) is 5.11 Å². The van der Waals surface area contributed by atoms with Crippen LogP contribution in [0.2, 0.25) is 0 Å². The first-order valence-electron chi connectivity index (χ1n) is 7.45. The minimum Gasteiger partial charge on any atom is -0.465 e. The standard InChI is InChI=1S/C17H13F2N3O3/c18-12-1-2-13(14(19)7-12)15(23)11-8-20-16(21-9-11)10-3-5-22(6-4-10)17(24)25/h1-3,7-9H,4-6H2,(H,24,25). The van der Waals surface area contributed by atoms with Gasteiger partial charge in [-0.05, 0) is 24.1 Å². The molecular weight excluding hydrogens is 332 g/mol. The van der Waals surface area contributed by atoms with Gasteiger partial charge in [-0.25, -0.2) is 23.5 Å². The van der Waals surface area contributed by atoms with Crippen molar-refractivity contribution in [3.63, 3.8) is 0 Å². The quantitative estimate of drug-likeness (QED) is 0.865. The number of ketones is 1. The molecule has 1 N–H and O–H groups in total. The molecule has 8 heteroatoms. The van der Waals surface area contributed by atoms with Gasteiger partial charge in [0.2, 0.25) is 0 Å². The average molecular weight is 345 g/mol. The summed E-state index contributed by atoms with van der Waals surface area (Å²) in [5, 5.41) is 8.91. The highest BCUT2D eigenvalue weighted by molar-refractivity contribution is 6.08. The molecule has 0 atom stereocenters. The number of aromatic nitrogens is 2. The van der Waals surface area contributed by atoms with E-state index in [1.54, 1.807) is 6.08 Å². The largest absolute Gasteiger partial charge is 0.465 e. The zero-order valence-electron chi connectivity index (χ0n) is 12.9. The summed E-state index contributed by atoms with van der Waals surface area (Å²) in [4.78, 5) is 32.6. The molecule has 0 unspecified atom stereocenters. The molecule has 0 saturated heterocycles. The van der Waals surface area contributed by atoms with Crippen LogP contribution in [-0.4, -0.2) is 44.9 Å². The van der Waals surface area contributed by atoms with Gasteiger partial charge in [0.25, 0.3) is 0 Å². The number of amides is 1. The molecule has 0 bridgehead atoms. The van der Waals surface area contributed by atoms with Crippen molar-refractivity contribution in [2.45, 2.75) is 6.42 Å². The van der Waals surface area contributed by atoms with E-state index >= 15 is 0 Å². The second-order valence-corrected chi connectivity index (χ2v) is 5.46. The molecule has 25 heavy (non-hydrogen) atoms. The minimum atomic E-state index is -0.988. The average Bonchev–Trinajstić information content (AvgIpc) is 2.61. The van der Waals surface area contributed by atoms with E-state index in [1.807, 2.05) is 0 Å². The number of benzene rings is 1. The summed E-state index contributed by atoms with van der Waals surface area (Å²) in [5.74, 6) is -1.96. The number of halogens is 2. The fourth-order valence-corrected chi connectivity index (χ4v) is 2.49. The number of hydrogen-bond acceptors (Lipinski definition) is 4. The molecule has 0 saturated carbocycles. The van der Waals surface area contributed by atoms with Crippen molar-refractivity contribution in [2.24, 2.45) is 0 Å². The Morgan fingerprint density at radius 2 is 1.88 bits per heavy atom. The Morgan fingerprint density at radius 3 is 2.44 bits per heavy atom. The van der Waals surface area contributed by atoms with Gasteiger partial charge < -0.3 is 10.0 Å². The van der Waals surface area contributed by atoms with Crippen LogP contribution in [-0.2, 0) is 0 Å². The molecule has 6 nitrogen and oxygen atoms in total. The lowest BCUT2D eigenvalue weighted by Gasteiger charge is -2.22. The number of carboxylic acid groups (broad SMARTS) is 1. The summed E-state index contributed by atoms with van der Waals surface area (Å²) in [7, 11) is 0. The molecule has 2 aromatic rings. The summed E-state index contributed by atoms with van der Waals surface area (Å²) < 4.78 is 26.6. The maximum atomic E-state index is 13.7. The number of rotatable bonds is 3. The highest BCUT2D eigenvalue weighted by Crippen LogP contribution is 2.20. The monoisotopic (exact) mass is 345 g/mol. The van der Waals surface area contributed by atoms with Gasteiger partial charge in [-0.3, -0.25) is 4.79 Å². The Kier molecular flexibility index (Phi) is 4.51.